The lowest BCUT2D eigenvalue weighted by Gasteiger charge is -2.16. The number of carboxylic acids is 1. The van der Waals surface area contributed by atoms with E-state index in [4.69, 9.17) is 9.15 Å². The maximum Gasteiger partial charge on any atom is 0.155 e. The second-order valence-corrected chi connectivity index (χ2v) is 8.84. The van der Waals surface area contributed by atoms with Crippen molar-refractivity contribution in [2.45, 2.75) is 19.8 Å². The molecule has 1 atom stereocenters. The molecule has 0 fully saturated rings. The number of aryl methyl sites for hydroxylation is 1. The fourth-order valence-corrected chi connectivity index (χ4v) is 4.59. The van der Waals surface area contributed by atoms with E-state index in [9.17, 15) is 9.90 Å². The summed E-state index contributed by atoms with van der Waals surface area (Å²) >= 11 is 6.95. The summed E-state index contributed by atoms with van der Waals surface area (Å²) in [6.45, 7) is 3.63. The predicted octanol–water partition coefficient (Wildman–Crippen LogP) is 6.58. The minimum atomic E-state index is -1.13. The Labute approximate surface area is 190 Å². The van der Waals surface area contributed by atoms with E-state index in [2.05, 4.69) is 37.9 Å². The molecule has 0 aliphatic rings. The lowest BCUT2D eigenvalue weighted by molar-refractivity contribution is -0.307. The van der Waals surface area contributed by atoms with Crippen LogP contribution in [0.5, 0.6) is 11.5 Å². The van der Waals surface area contributed by atoms with E-state index >= 15 is 0 Å². The third-order valence-corrected chi connectivity index (χ3v) is 6.06. The first-order chi connectivity index (χ1) is 14.3. The third-order valence-electron chi connectivity index (χ3n) is 4.88. The Balaban J connectivity index is 1.65. The van der Waals surface area contributed by atoms with E-state index in [1.165, 1.54) is 5.56 Å². The van der Waals surface area contributed by atoms with Gasteiger partial charge in [-0.15, -0.1) is 0 Å². The van der Waals surface area contributed by atoms with Gasteiger partial charge in [0.2, 0.25) is 0 Å². The van der Waals surface area contributed by atoms with Crippen molar-refractivity contribution in [1.29, 1.82) is 0 Å². The molecule has 0 saturated carbocycles. The van der Waals surface area contributed by atoms with Crippen LogP contribution >= 0.6 is 31.9 Å². The minimum Gasteiger partial charge on any atom is -0.550 e. The van der Waals surface area contributed by atoms with Crippen LogP contribution in [0, 0.1) is 6.92 Å². The molecule has 1 unspecified atom stereocenters. The summed E-state index contributed by atoms with van der Waals surface area (Å²) in [6, 6.07) is 19.2. The number of halogens is 2. The molecule has 0 saturated heterocycles. The number of rotatable bonds is 5. The predicted molar refractivity (Wildman–Crippen MR) is 122 cm³/mol. The third kappa shape index (κ3) is 4.16. The second kappa shape index (κ2) is 8.28. The van der Waals surface area contributed by atoms with Gasteiger partial charge in [-0.05, 0) is 86.8 Å². The molecular formula is C24H17Br2O4-. The van der Waals surface area contributed by atoms with Crippen LogP contribution in [0.3, 0.4) is 0 Å². The summed E-state index contributed by atoms with van der Waals surface area (Å²) in [7, 11) is 0. The molecule has 1 heterocycles. The molecule has 0 radical (unpaired) electrons. The van der Waals surface area contributed by atoms with Gasteiger partial charge in [-0.25, -0.2) is 0 Å². The van der Waals surface area contributed by atoms with Gasteiger partial charge in [-0.3, -0.25) is 0 Å². The van der Waals surface area contributed by atoms with Crippen LogP contribution < -0.4 is 9.84 Å². The van der Waals surface area contributed by atoms with Crippen LogP contribution in [0.25, 0.3) is 22.3 Å². The molecule has 4 nitrogen and oxygen atoms in total. The highest BCUT2D eigenvalue weighted by Gasteiger charge is 2.15. The molecule has 0 aliphatic carbocycles. The first kappa shape index (κ1) is 20.7. The Kier molecular flexibility index (Phi) is 5.71. The Morgan fingerprint density at radius 2 is 1.77 bits per heavy atom. The number of fused-ring (bicyclic) bond motifs is 1. The van der Waals surface area contributed by atoms with Crippen molar-refractivity contribution in [2.75, 3.05) is 0 Å². The summed E-state index contributed by atoms with van der Waals surface area (Å²) < 4.78 is 13.4. The van der Waals surface area contributed by atoms with Crippen LogP contribution in [0.2, 0.25) is 0 Å². The molecule has 4 rings (SSSR count). The van der Waals surface area contributed by atoms with E-state index in [1.807, 2.05) is 49.4 Å². The number of ether oxygens (including phenoxy) is 1. The first-order valence-corrected chi connectivity index (χ1v) is 10.9. The van der Waals surface area contributed by atoms with Gasteiger partial charge in [0.05, 0.1) is 8.95 Å². The Morgan fingerprint density at radius 1 is 1.03 bits per heavy atom. The van der Waals surface area contributed by atoms with Gasteiger partial charge in [-0.1, -0.05) is 30.7 Å². The van der Waals surface area contributed by atoms with Crippen LogP contribution in [0.1, 0.15) is 24.0 Å². The number of benzene rings is 3. The fourth-order valence-electron chi connectivity index (χ4n) is 3.21. The average Bonchev–Trinajstić information content (AvgIpc) is 3.13. The Hall–Kier alpha value is -2.57. The second-order valence-electron chi connectivity index (χ2n) is 7.14. The van der Waals surface area contributed by atoms with Crippen molar-refractivity contribution in [3.8, 4) is 22.8 Å². The molecule has 3 aromatic carbocycles. The Morgan fingerprint density at radius 3 is 2.43 bits per heavy atom. The van der Waals surface area contributed by atoms with Gasteiger partial charge in [0.25, 0.3) is 0 Å². The number of carbonyl (C=O) groups excluding carboxylic acids is 1. The molecule has 1 aromatic heterocycles. The van der Waals surface area contributed by atoms with Gasteiger partial charge in [0.1, 0.15) is 17.1 Å². The molecule has 30 heavy (non-hydrogen) atoms. The van der Waals surface area contributed by atoms with E-state index in [0.29, 0.717) is 26.0 Å². The minimum absolute atomic E-state index is 0.561. The van der Waals surface area contributed by atoms with Crippen molar-refractivity contribution in [2.24, 2.45) is 0 Å². The highest BCUT2D eigenvalue weighted by molar-refractivity contribution is 9.11. The first-order valence-electron chi connectivity index (χ1n) is 9.30. The molecule has 0 aliphatic heterocycles. The number of hydrogen-bond donors (Lipinski definition) is 0. The number of hydrogen-bond acceptors (Lipinski definition) is 4. The molecule has 6 heteroatoms. The van der Waals surface area contributed by atoms with E-state index in [0.717, 1.165) is 22.3 Å². The van der Waals surface area contributed by atoms with Crippen molar-refractivity contribution in [1.82, 2.24) is 0 Å². The number of aliphatic carboxylic acids is 1. The average molecular weight is 529 g/mol. The number of furan rings is 1. The van der Waals surface area contributed by atoms with Crippen molar-refractivity contribution >= 4 is 48.8 Å². The highest BCUT2D eigenvalue weighted by Crippen LogP contribution is 2.40. The molecule has 0 N–H and O–H groups in total. The van der Waals surface area contributed by atoms with Gasteiger partial charge in [-0.2, -0.15) is 0 Å². The molecule has 4 aromatic rings. The van der Waals surface area contributed by atoms with Crippen molar-refractivity contribution in [3.05, 3.63) is 80.7 Å². The van der Waals surface area contributed by atoms with Crippen LogP contribution in [0.15, 0.2) is 74.0 Å². The highest BCUT2D eigenvalue weighted by atomic mass is 79.9. The summed E-state index contributed by atoms with van der Waals surface area (Å²) in [4.78, 5) is 11.2. The smallest absolute Gasteiger partial charge is 0.155 e. The molecule has 0 amide bonds. The summed E-state index contributed by atoms with van der Waals surface area (Å²) in [5.74, 6) is 0.146. The van der Waals surface area contributed by atoms with Gasteiger partial charge >= 0.3 is 0 Å². The zero-order valence-corrected chi connectivity index (χ0v) is 19.4. The maximum absolute atomic E-state index is 11.2. The zero-order valence-electron chi connectivity index (χ0n) is 16.2. The Bertz CT molecular complexity index is 1240. The summed E-state index contributed by atoms with van der Waals surface area (Å²) in [6.07, 6.45) is 0. The summed E-state index contributed by atoms with van der Waals surface area (Å²) in [5, 5.41) is 12.1. The number of carboxylic acid groups (broad SMARTS) is 1. The monoisotopic (exact) mass is 527 g/mol. The van der Waals surface area contributed by atoms with Gasteiger partial charge < -0.3 is 19.1 Å². The van der Waals surface area contributed by atoms with E-state index in [-0.39, 0.29) is 0 Å². The van der Waals surface area contributed by atoms with Gasteiger partial charge in [0, 0.05) is 22.8 Å². The maximum atomic E-state index is 11.2. The lowest BCUT2D eigenvalue weighted by Crippen LogP contribution is -2.28. The van der Waals surface area contributed by atoms with Crippen LogP contribution in [-0.4, -0.2) is 5.97 Å². The topological polar surface area (TPSA) is 62.5 Å². The largest absolute Gasteiger partial charge is 0.550 e. The van der Waals surface area contributed by atoms with E-state index < -0.39 is 11.9 Å². The van der Waals surface area contributed by atoms with Crippen LogP contribution in [-0.2, 0) is 4.79 Å². The quantitative estimate of drug-likeness (QED) is 0.293. The zero-order chi connectivity index (χ0) is 21.4. The van der Waals surface area contributed by atoms with Crippen molar-refractivity contribution in [3.63, 3.8) is 0 Å². The lowest BCUT2D eigenvalue weighted by atomic mass is 10.0. The van der Waals surface area contributed by atoms with Crippen LogP contribution in [0.4, 0.5) is 0 Å². The van der Waals surface area contributed by atoms with Crippen molar-refractivity contribution < 1.29 is 19.1 Å². The summed E-state index contributed by atoms with van der Waals surface area (Å²) in [5.41, 5.74) is 3.59. The molecule has 152 valence electrons. The SMILES string of the molecule is Cc1cccc(-c2cc3cc(Oc4c(Br)cc(C(C)C(=O)[O-])cc4Br)ccc3o2)c1. The number of carbonyl (C=O) groups is 1. The molecule has 0 spiro atoms. The molecular weight excluding hydrogens is 512 g/mol. The van der Waals surface area contributed by atoms with Gasteiger partial charge in [0.15, 0.2) is 5.75 Å². The molecule has 0 bridgehead atoms. The standard InChI is InChI=1S/C24H18Br2O4/c1-13-4-3-5-15(8-13)22-12-17-9-18(6-7-21(17)30-22)29-23-19(25)10-16(11-20(23)26)14(2)24(27)28/h3-12,14H,1-2H3,(H,27,28)/p-1. The fraction of sp³-hybridized carbons (Fsp3) is 0.125. The van der Waals surface area contributed by atoms with E-state index in [1.54, 1.807) is 19.1 Å². The normalized spacial score (nSPS) is 12.1.